The van der Waals surface area contributed by atoms with E-state index >= 15 is 0 Å². The van der Waals surface area contributed by atoms with Gasteiger partial charge < -0.3 is 14.8 Å². The molecule has 0 bridgehead atoms. The van der Waals surface area contributed by atoms with Crippen LogP contribution in [0, 0.1) is 0 Å². The van der Waals surface area contributed by atoms with Crippen molar-refractivity contribution in [2.75, 3.05) is 12.4 Å². The van der Waals surface area contributed by atoms with Crippen LogP contribution in [0.25, 0.3) is 0 Å². The maximum Gasteiger partial charge on any atom is 0.339 e. The van der Waals surface area contributed by atoms with Gasteiger partial charge in [-0.3, -0.25) is 4.79 Å². The summed E-state index contributed by atoms with van der Waals surface area (Å²) in [6.45, 7) is 1.58. The molecule has 0 saturated heterocycles. The topological polar surface area (TPSA) is 81.7 Å². The third-order valence-electron chi connectivity index (χ3n) is 4.13. The van der Waals surface area contributed by atoms with Gasteiger partial charge in [0.25, 0.3) is 5.91 Å². The second-order valence-electron chi connectivity index (χ2n) is 5.98. The molecule has 0 spiro atoms. The molecule has 1 amide bonds. The van der Waals surface area contributed by atoms with E-state index in [4.69, 9.17) is 4.74 Å². The molecule has 2 aromatic rings. The number of esters is 2. The van der Waals surface area contributed by atoms with Crippen LogP contribution in [-0.4, -0.2) is 30.6 Å². The summed E-state index contributed by atoms with van der Waals surface area (Å²) in [7, 11) is 1.30. The minimum Gasteiger partial charge on any atom is -0.465 e. The summed E-state index contributed by atoms with van der Waals surface area (Å²) in [5, 5.41) is 2.72. The van der Waals surface area contributed by atoms with Gasteiger partial charge in [0.05, 0.1) is 18.2 Å². The maximum atomic E-state index is 12.6. The SMILES string of the molecule is COC(=O)c1ccc(NC(=O)C2(C)Cc3ccccc3C(=O)O2)cc1. The Balaban J connectivity index is 1.77. The molecule has 1 unspecified atom stereocenters. The number of anilines is 1. The summed E-state index contributed by atoms with van der Waals surface area (Å²) in [5.41, 5.74) is 0.832. The number of hydrogen-bond donors (Lipinski definition) is 1. The summed E-state index contributed by atoms with van der Waals surface area (Å²) in [5.74, 6) is -1.40. The van der Waals surface area contributed by atoms with E-state index in [-0.39, 0.29) is 0 Å². The Kier molecular flexibility index (Phi) is 4.27. The lowest BCUT2D eigenvalue weighted by Gasteiger charge is -2.33. The van der Waals surface area contributed by atoms with Crippen molar-refractivity contribution in [2.24, 2.45) is 0 Å². The third-order valence-corrected chi connectivity index (χ3v) is 4.13. The van der Waals surface area contributed by atoms with E-state index < -0.39 is 23.4 Å². The van der Waals surface area contributed by atoms with Crippen LogP contribution in [0.5, 0.6) is 0 Å². The van der Waals surface area contributed by atoms with Crippen LogP contribution < -0.4 is 5.32 Å². The quantitative estimate of drug-likeness (QED) is 0.869. The largest absolute Gasteiger partial charge is 0.465 e. The van der Waals surface area contributed by atoms with Crippen molar-refractivity contribution in [3.63, 3.8) is 0 Å². The highest BCUT2D eigenvalue weighted by Gasteiger charge is 2.42. The van der Waals surface area contributed by atoms with Crippen molar-refractivity contribution in [3.8, 4) is 0 Å². The molecular weight excluding hydrogens is 322 g/mol. The van der Waals surface area contributed by atoms with Gasteiger partial charge in [-0.15, -0.1) is 0 Å². The predicted molar refractivity (Wildman–Crippen MR) is 90.4 cm³/mol. The Morgan fingerprint density at radius 2 is 1.80 bits per heavy atom. The average Bonchev–Trinajstić information content (AvgIpc) is 2.61. The van der Waals surface area contributed by atoms with Crippen molar-refractivity contribution < 1.29 is 23.9 Å². The van der Waals surface area contributed by atoms with Crippen LogP contribution in [0.4, 0.5) is 5.69 Å². The van der Waals surface area contributed by atoms with Crippen LogP contribution in [0.2, 0.25) is 0 Å². The summed E-state index contributed by atoms with van der Waals surface area (Å²) >= 11 is 0. The van der Waals surface area contributed by atoms with Gasteiger partial charge >= 0.3 is 11.9 Å². The summed E-state index contributed by atoms with van der Waals surface area (Å²) in [6, 6.07) is 13.3. The van der Waals surface area contributed by atoms with E-state index in [0.29, 0.717) is 23.2 Å². The smallest absolute Gasteiger partial charge is 0.339 e. The molecule has 1 heterocycles. The van der Waals surface area contributed by atoms with Crippen LogP contribution >= 0.6 is 0 Å². The zero-order valence-electron chi connectivity index (χ0n) is 13.9. The first-order valence-electron chi connectivity index (χ1n) is 7.74. The fourth-order valence-corrected chi connectivity index (χ4v) is 2.73. The van der Waals surface area contributed by atoms with E-state index in [1.807, 2.05) is 12.1 Å². The van der Waals surface area contributed by atoms with Crippen molar-refractivity contribution >= 4 is 23.5 Å². The lowest BCUT2D eigenvalue weighted by molar-refractivity contribution is -0.134. The van der Waals surface area contributed by atoms with Gasteiger partial charge in [-0.1, -0.05) is 18.2 Å². The first-order chi connectivity index (χ1) is 11.9. The van der Waals surface area contributed by atoms with Crippen molar-refractivity contribution in [3.05, 3.63) is 65.2 Å². The number of carbonyl (C=O) groups is 3. The Morgan fingerprint density at radius 1 is 1.12 bits per heavy atom. The number of fused-ring (bicyclic) bond motifs is 1. The zero-order valence-corrected chi connectivity index (χ0v) is 13.9. The maximum absolute atomic E-state index is 12.6. The summed E-state index contributed by atoms with van der Waals surface area (Å²) < 4.78 is 10.0. The minimum atomic E-state index is -1.30. The van der Waals surface area contributed by atoms with Gasteiger partial charge in [0.2, 0.25) is 0 Å². The molecule has 0 aromatic heterocycles. The number of nitrogens with one attached hydrogen (secondary N) is 1. The van der Waals surface area contributed by atoms with Gasteiger partial charge in [-0.2, -0.15) is 0 Å². The standard InChI is InChI=1S/C19H17NO5/c1-19(11-13-5-3-4-6-15(13)17(22)25-19)18(23)20-14-9-7-12(8-10-14)16(21)24-2/h3-10H,11H2,1-2H3,(H,20,23). The van der Waals surface area contributed by atoms with Crippen molar-refractivity contribution in [1.82, 2.24) is 0 Å². The molecule has 1 atom stereocenters. The molecule has 25 heavy (non-hydrogen) atoms. The van der Waals surface area contributed by atoms with E-state index in [1.165, 1.54) is 7.11 Å². The Morgan fingerprint density at radius 3 is 2.48 bits per heavy atom. The molecule has 0 aliphatic carbocycles. The van der Waals surface area contributed by atoms with Gasteiger partial charge in [0.15, 0.2) is 5.60 Å². The predicted octanol–water partition coefficient (Wildman–Crippen LogP) is 2.58. The van der Waals surface area contributed by atoms with Gasteiger partial charge in [-0.05, 0) is 42.8 Å². The number of amides is 1. The van der Waals surface area contributed by atoms with Crippen LogP contribution in [0.15, 0.2) is 48.5 Å². The van der Waals surface area contributed by atoms with Crippen molar-refractivity contribution in [1.29, 1.82) is 0 Å². The number of benzene rings is 2. The highest BCUT2D eigenvalue weighted by Crippen LogP contribution is 2.29. The van der Waals surface area contributed by atoms with Crippen LogP contribution in [-0.2, 0) is 20.7 Å². The number of methoxy groups -OCH3 is 1. The molecule has 1 N–H and O–H groups in total. The molecule has 1 aliphatic heterocycles. The molecule has 0 saturated carbocycles. The van der Waals surface area contributed by atoms with Crippen LogP contribution in [0.1, 0.15) is 33.2 Å². The Hall–Kier alpha value is -3.15. The average molecular weight is 339 g/mol. The lowest BCUT2D eigenvalue weighted by atomic mass is 9.89. The first kappa shape index (κ1) is 16.7. The van der Waals surface area contributed by atoms with Crippen molar-refractivity contribution in [2.45, 2.75) is 18.9 Å². The normalized spacial score (nSPS) is 18.7. The molecule has 6 nitrogen and oxygen atoms in total. The molecule has 128 valence electrons. The number of rotatable bonds is 3. The fraction of sp³-hybridized carbons (Fsp3) is 0.211. The fourth-order valence-electron chi connectivity index (χ4n) is 2.73. The zero-order chi connectivity index (χ0) is 18.0. The van der Waals surface area contributed by atoms with Gasteiger partial charge in [-0.25, -0.2) is 9.59 Å². The number of hydrogen-bond acceptors (Lipinski definition) is 5. The van der Waals surface area contributed by atoms with Gasteiger partial charge in [0.1, 0.15) is 0 Å². The highest BCUT2D eigenvalue weighted by atomic mass is 16.6. The lowest BCUT2D eigenvalue weighted by Crippen LogP contribution is -2.48. The summed E-state index contributed by atoms with van der Waals surface area (Å²) in [4.78, 5) is 36.2. The molecule has 6 heteroatoms. The molecule has 0 radical (unpaired) electrons. The Labute approximate surface area is 144 Å². The number of ether oxygens (including phenoxy) is 2. The second-order valence-corrected chi connectivity index (χ2v) is 5.98. The van der Waals surface area contributed by atoms with E-state index in [0.717, 1.165) is 5.56 Å². The minimum absolute atomic E-state index is 0.293. The number of carbonyl (C=O) groups excluding carboxylic acids is 3. The summed E-state index contributed by atoms with van der Waals surface area (Å²) in [6.07, 6.45) is 0.293. The third kappa shape index (κ3) is 3.24. The molecular formula is C19H17NO5. The Bertz CT molecular complexity index is 843. The van der Waals surface area contributed by atoms with E-state index in [9.17, 15) is 14.4 Å². The molecule has 2 aromatic carbocycles. The van der Waals surface area contributed by atoms with Gasteiger partial charge in [0, 0.05) is 12.1 Å². The molecule has 3 rings (SSSR count). The second kappa shape index (κ2) is 6.39. The molecule has 0 fully saturated rings. The van der Waals surface area contributed by atoms with E-state index in [2.05, 4.69) is 10.1 Å². The van der Waals surface area contributed by atoms with Crippen LogP contribution in [0.3, 0.4) is 0 Å². The monoisotopic (exact) mass is 339 g/mol. The molecule has 1 aliphatic rings. The first-order valence-corrected chi connectivity index (χ1v) is 7.74. The van der Waals surface area contributed by atoms with E-state index in [1.54, 1.807) is 43.3 Å². The highest BCUT2D eigenvalue weighted by molar-refractivity contribution is 6.02. The number of cyclic esters (lactones) is 1.